The molecule has 0 amide bonds. The fourth-order valence-electron chi connectivity index (χ4n) is 3.26. The maximum Gasteiger partial charge on any atom is 0.231 e. The first-order chi connectivity index (χ1) is 15.1. The van der Waals surface area contributed by atoms with E-state index in [-0.39, 0.29) is 11.5 Å². The Morgan fingerprint density at radius 1 is 0.839 bits per heavy atom. The molecule has 0 unspecified atom stereocenters. The van der Waals surface area contributed by atoms with Crippen LogP contribution < -0.4 is 23.7 Å². The lowest BCUT2D eigenvalue weighted by Crippen LogP contribution is -1.99. The number of benzene rings is 3. The smallest absolute Gasteiger partial charge is 0.231 e. The first-order valence-electron chi connectivity index (χ1n) is 9.67. The highest BCUT2D eigenvalue weighted by atomic mass is 16.5. The van der Waals surface area contributed by atoms with Gasteiger partial charge in [-0.2, -0.15) is 0 Å². The molecule has 0 N–H and O–H groups in total. The van der Waals surface area contributed by atoms with Gasteiger partial charge in [-0.25, -0.2) is 0 Å². The lowest BCUT2D eigenvalue weighted by atomic mass is 10.1. The van der Waals surface area contributed by atoms with Crippen LogP contribution in [-0.4, -0.2) is 27.1 Å². The Hall–Kier alpha value is -3.93. The minimum atomic E-state index is -0.188. The molecule has 1 aliphatic heterocycles. The fraction of sp³-hybridized carbons (Fsp3) is 0.160. The summed E-state index contributed by atoms with van der Waals surface area (Å²) in [6.07, 6.45) is 1.66. The number of carbonyl (C=O) groups excluding carboxylic acids is 1. The number of fused-ring (bicyclic) bond motifs is 1. The third-order valence-electron chi connectivity index (χ3n) is 4.91. The van der Waals surface area contributed by atoms with Crippen LogP contribution in [0.1, 0.15) is 21.5 Å². The Morgan fingerprint density at radius 2 is 1.61 bits per heavy atom. The Kier molecular flexibility index (Phi) is 5.80. The second-order valence-electron chi connectivity index (χ2n) is 6.85. The van der Waals surface area contributed by atoms with Crippen molar-refractivity contribution in [3.8, 4) is 28.7 Å². The van der Waals surface area contributed by atoms with E-state index in [2.05, 4.69) is 0 Å². The first kappa shape index (κ1) is 20.3. The summed E-state index contributed by atoms with van der Waals surface area (Å²) in [5.41, 5.74) is 2.19. The molecule has 1 aliphatic rings. The van der Waals surface area contributed by atoms with Gasteiger partial charge in [-0.15, -0.1) is 0 Å². The van der Waals surface area contributed by atoms with Gasteiger partial charge in [0.05, 0.1) is 26.9 Å². The molecule has 31 heavy (non-hydrogen) atoms. The van der Waals surface area contributed by atoms with Crippen LogP contribution >= 0.6 is 0 Å². The van der Waals surface area contributed by atoms with Gasteiger partial charge in [-0.05, 0) is 48.0 Å². The molecule has 0 aromatic heterocycles. The number of ether oxygens (including phenoxy) is 5. The molecule has 0 saturated carbocycles. The fourth-order valence-corrected chi connectivity index (χ4v) is 3.26. The van der Waals surface area contributed by atoms with Crippen LogP contribution in [-0.2, 0) is 6.61 Å². The van der Waals surface area contributed by atoms with Gasteiger partial charge < -0.3 is 23.7 Å². The van der Waals surface area contributed by atoms with Crippen LogP contribution in [0.15, 0.2) is 66.4 Å². The minimum Gasteiger partial charge on any atom is -0.497 e. The molecule has 1 heterocycles. The van der Waals surface area contributed by atoms with Crippen LogP contribution in [0.2, 0.25) is 0 Å². The van der Waals surface area contributed by atoms with Gasteiger partial charge in [-0.1, -0.05) is 12.1 Å². The molecule has 3 aromatic rings. The number of rotatable bonds is 7. The number of allylic oxidation sites excluding steroid dienone is 1. The summed E-state index contributed by atoms with van der Waals surface area (Å²) in [5, 5.41) is 0. The van der Waals surface area contributed by atoms with Crippen LogP contribution in [0.25, 0.3) is 6.08 Å². The van der Waals surface area contributed by atoms with E-state index in [9.17, 15) is 4.79 Å². The zero-order valence-corrected chi connectivity index (χ0v) is 17.5. The molecular weight excluding hydrogens is 396 g/mol. The van der Waals surface area contributed by atoms with Crippen molar-refractivity contribution in [1.82, 2.24) is 0 Å². The number of carbonyl (C=O) groups is 1. The maximum absolute atomic E-state index is 12.8. The van der Waals surface area contributed by atoms with E-state index in [0.717, 1.165) is 11.3 Å². The SMILES string of the molecule is COc1cccc(COc2ccc3c(c2)O/C(=C\c2ccc(OC)cc2OC)C3=O)c1. The Balaban J connectivity index is 1.52. The molecule has 0 saturated heterocycles. The van der Waals surface area contributed by atoms with Gasteiger partial charge >= 0.3 is 0 Å². The van der Waals surface area contributed by atoms with Crippen molar-refractivity contribution in [2.45, 2.75) is 6.61 Å². The highest BCUT2D eigenvalue weighted by molar-refractivity contribution is 6.14. The summed E-state index contributed by atoms with van der Waals surface area (Å²) < 4.78 is 27.5. The van der Waals surface area contributed by atoms with Crippen molar-refractivity contribution in [3.63, 3.8) is 0 Å². The Morgan fingerprint density at radius 3 is 2.39 bits per heavy atom. The predicted octanol–water partition coefficient (Wildman–Crippen LogP) is 4.91. The summed E-state index contributed by atoms with van der Waals surface area (Å²) in [7, 11) is 4.78. The van der Waals surface area contributed by atoms with Crippen molar-refractivity contribution in [2.75, 3.05) is 21.3 Å². The van der Waals surface area contributed by atoms with E-state index < -0.39 is 0 Å². The first-order valence-corrected chi connectivity index (χ1v) is 9.67. The van der Waals surface area contributed by atoms with Crippen LogP contribution in [0, 0.1) is 0 Å². The number of ketones is 1. The van der Waals surface area contributed by atoms with Crippen molar-refractivity contribution in [3.05, 3.63) is 83.1 Å². The number of methoxy groups -OCH3 is 3. The van der Waals surface area contributed by atoms with Crippen molar-refractivity contribution in [2.24, 2.45) is 0 Å². The molecule has 0 fully saturated rings. The van der Waals surface area contributed by atoms with E-state index in [1.807, 2.05) is 30.3 Å². The van der Waals surface area contributed by atoms with Gasteiger partial charge in [0.15, 0.2) is 5.76 Å². The van der Waals surface area contributed by atoms with Crippen LogP contribution in [0.4, 0.5) is 0 Å². The monoisotopic (exact) mass is 418 g/mol. The maximum atomic E-state index is 12.8. The zero-order valence-electron chi connectivity index (χ0n) is 17.5. The molecule has 6 heteroatoms. The Bertz CT molecular complexity index is 1150. The molecule has 0 atom stereocenters. The summed E-state index contributed by atoms with van der Waals surface area (Å²) in [5.74, 6) is 3.13. The van der Waals surface area contributed by atoms with Gasteiger partial charge in [0, 0.05) is 17.7 Å². The van der Waals surface area contributed by atoms with Crippen molar-refractivity contribution < 1.29 is 28.5 Å². The van der Waals surface area contributed by atoms with E-state index >= 15 is 0 Å². The van der Waals surface area contributed by atoms with Gasteiger partial charge in [0.2, 0.25) is 5.78 Å². The third-order valence-corrected chi connectivity index (χ3v) is 4.91. The average Bonchev–Trinajstić information content (AvgIpc) is 3.12. The molecular formula is C25H22O6. The molecule has 0 bridgehead atoms. The molecule has 0 aliphatic carbocycles. The number of hydrogen-bond donors (Lipinski definition) is 0. The van der Waals surface area contributed by atoms with E-state index in [0.29, 0.717) is 40.7 Å². The summed E-state index contributed by atoms with van der Waals surface area (Å²) in [4.78, 5) is 12.8. The Labute approximate surface area is 180 Å². The highest BCUT2D eigenvalue weighted by Crippen LogP contribution is 2.36. The molecule has 0 radical (unpaired) electrons. The standard InChI is InChI=1S/C25H22O6/c1-27-18-6-4-5-16(11-18)15-30-20-9-10-21-23(14-20)31-24(25(21)26)12-17-7-8-19(28-2)13-22(17)29-3/h4-14H,15H2,1-3H3/b24-12-. The second kappa shape index (κ2) is 8.83. The van der Waals surface area contributed by atoms with E-state index in [1.165, 1.54) is 0 Å². The minimum absolute atomic E-state index is 0.188. The summed E-state index contributed by atoms with van der Waals surface area (Å²) in [6.45, 7) is 0.371. The van der Waals surface area contributed by atoms with E-state index in [1.54, 1.807) is 57.7 Å². The summed E-state index contributed by atoms with van der Waals surface area (Å²) in [6, 6.07) is 18.2. The largest absolute Gasteiger partial charge is 0.497 e. The van der Waals surface area contributed by atoms with E-state index in [4.69, 9.17) is 23.7 Å². The second-order valence-corrected chi connectivity index (χ2v) is 6.85. The van der Waals surface area contributed by atoms with Crippen molar-refractivity contribution >= 4 is 11.9 Å². The molecule has 158 valence electrons. The van der Waals surface area contributed by atoms with Gasteiger partial charge in [-0.3, -0.25) is 4.79 Å². The average molecular weight is 418 g/mol. The molecule has 0 spiro atoms. The van der Waals surface area contributed by atoms with Crippen LogP contribution in [0.3, 0.4) is 0 Å². The predicted molar refractivity (Wildman–Crippen MR) is 116 cm³/mol. The summed E-state index contributed by atoms with van der Waals surface area (Å²) >= 11 is 0. The van der Waals surface area contributed by atoms with Gasteiger partial charge in [0.25, 0.3) is 0 Å². The number of hydrogen-bond acceptors (Lipinski definition) is 6. The molecule has 4 rings (SSSR count). The quantitative estimate of drug-likeness (QED) is 0.508. The van der Waals surface area contributed by atoms with Gasteiger partial charge in [0.1, 0.15) is 35.4 Å². The lowest BCUT2D eigenvalue weighted by molar-refractivity contribution is 0.101. The number of Topliss-reactive ketones (excluding diaryl/α,β-unsaturated/α-hetero) is 1. The normalized spacial score (nSPS) is 13.5. The van der Waals surface area contributed by atoms with Crippen LogP contribution in [0.5, 0.6) is 28.7 Å². The highest BCUT2D eigenvalue weighted by Gasteiger charge is 2.28. The lowest BCUT2D eigenvalue weighted by Gasteiger charge is -2.09. The van der Waals surface area contributed by atoms with Crippen molar-refractivity contribution in [1.29, 1.82) is 0 Å². The zero-order chi connectivity index (χ0) is 21.8. The molecule has 3 aromatic carbocycles. The molecule has 6 nitrogen and oxygen atoms in total. The third kappa shape index (κ3) is 4.33. The topological polar surface area (TPSA) is 63.2 Å².